The molecule has 0 aromatic heterocycles. The monoisotopic (exact) mass is 503 g/mol. The van der Waals surface area contributed by atoms with Gasteiger partial charge >= 0.3 is 0 Å². The lowest BCUT2D eigenvalue weighted by molar-refractivity contribution is -0.129. The fourth-order valence-electron chi connectivity index (χ4n) is 2.69. The van der Waals surface area contributed by atoms with Crippen molar-refractivity contribution in [1.29, 1.82) is 0 Å². The number of likely N-dealkylation sites (tertiary alicyclic amines) is 1. The summed E-state index contributed by atoms with van der Waals surface area (Å²) in [6.07, 6.45) is 2.11. The van der Waals surface area contributed by atoms with Gasteiger partial charge in [-0.2, -0.15) is 0 Å². The molecule has 8 nitrogen and oxygen atoms in total. The molecule has 1 rings (SSSR count). The van der Waals surface area contributed by atoms with Crippen LogP contribution in [-0.2, 0) is 14.8 Å². The summed E-state index contributed by atoms with van der Waals surface area (Å²) < 4.78 is 24.8. The topological polar surface area (TPSA) is 94.1 Å². The molecule has 0 aromatic carbocycles. The van der Waals surface area contributed by atoms with Crippen molar-refractivity contribution in [2.24, 2.45) is 4.99 Å². The van der Waals surface area contributed by atoms with Crippen molar-refractivity contribution in [1.82, 2.24) is 19.8 Å². The maximum Gasteiger partial charge on any atom is 0.222 e. The third-order valence-corrected chi connectivity index (χ3v) is 6.13. The molecule has 154 valence electrons. The van der Waals surface area contributed by atoms with Crippen LogP contribution in [0, 0.1) is 0 Å². The lowest BCUT2D eigenvalue weighted by Crippen LogP contribution is -2.45. The zero-order valence-corrected chi connectivity index (χ0v) is 19.5. The first kappa shape index (κ1) is 25.4. The van der Waals surface area contributed by atoms with E-state index >= 15 is 0 Å². The number of carbonyl (C=O) groups excluding carboxylic acids is 1. The predicted octanol–water partition coefficient (Wildman–Crippen LogP) is 0.842. The average molecular weight is 503 g/mol. The maximum atomic E-state index is 11.8. The second-order valence-corrected chi connectivity index (χ2v) is 8.52. The van der Waals surface area contributed by atoms with Gasteiger partial charge in [0.2, 0.25) is 15.9 Å². The fraction of sp³-hybridized carbons (Fsp3) is 0.875. The number of aliphatic imine (C=N–C) groups is 1. The minimum absolute atomic E-state index is 0. The van der Waals surface area contributed by atoms with Gasteiger partial charge in [-0.15, -0.1) is 24.0 Å². The first-order valence-electron chi connectivity index (χ1n) is 9.10. The molecule has 0 saturated carbocycles. The summed E-state index contributed by atoms with van der Waals surface area (Å²) in [7, 11) is -1.53. The van der Waals surface area contributed by atoms with Gasteiger partial charge in [0.15, 0.2) is 5.96 Å². The zero-order valence-electron chi connectivity index (χ0n) is 16.3. The van der Waals surface area contributed by atoms with Crippen molar-refractivity contribution < 1.29 is 13.2 Å². The maximum absolute atomic E-state index is 11.8. The van der Waals surface area contributed by atoms with Gasteiger partial charge in [0.1, 0.15) is 0 Å². The first-order valence-corrected chi connectivity index (χ1v) is 10.7. The third kappa shape index (κ3) is 8.38. The van der Waals surface area contributed by atoms with Crippen LogP contribution in [0.15, 0.2) is 4.99 Å². The minimum atomic E-state index is -3.13. The Morgan fingerprint density at radius 2 is 2.00 bits per heavy atom. The Kier molecular flexibility index (Phi) is 12.4. The summed E-state index contributed by atoms with van der Waals surface area (Å²) >= 11 is 0. The number of hydrogen-bond acceptors (Lipinski definition) is 4. The van der Waals surface area contributed by atoms with E-state index in [0.29, 0.717) is 32.5 Å². The number of sulfonamides is 1. The number of halogens is 1. The summed E-state index contributed by atoms with van der Waals surface area (Å²) in [6, 6.07) is 0.205. The van der Waals surface area contributed by atoms with Crippen LogP contribution in [0.5, 0.6) is 0 Å². The second-order valence-electron chi connectivity index (χ2n) is 6.16. The molecule has 2 N–H and O–H groups in total. The molecule has 1 unspecified atom stereocenters. The van der Waals surface area contributed by atoms with E-state index in [1.807, 2.05) is 18.7 Å². The van der Waals surface area contributed by atoms with E-state index in [4.69, 9.17) is 0 Å². The van der Waals surface area contributed by atoms with Gasteiger partial charge in [0.25, 0.3) is 0 Å². The van der Waals surface area contributed by atoms with Gasteiger partial charge in [0.05, 0.1) is 5.75 Å². The molecule has 1 amide bonds. The molecule has 0 aliphatic carbocycles. The molecule has 1 heterocycles. The Bertz CT molecular complexity index is 556. The largest absolute Gasteiger partial charge is 0.357 e. The van der Waals surface area contributed by atoms with Gasteiger partial charge in [-0.3, -0.25) is 9.79 Å². The summed E-state index contributed by atoms with van der Waals surface area (Å²) in [4.78, 5) is 18.1. The molecule has 0 spiro atoms. The molecule has 1 fully saturated rings. The van der Waals surface area contributed by atoms with Crippen LogP contribution in [-0.4, -0.2) is 81.1 Å². The van der Waals surface area contributed by atoms with Crippen LogP contribution >= 0.6 is 24.0 Å². The van der Waals surface area contributed by atoms with Crippen LogP contribution in [0.4, 0.5) is 0 Å². The number of nitrogens with zero attached hydrogens (tertiary/aromatic N) is 3. The van der Waals surface area contributed by atoms with Crippen LogP contribution in [0.2, 0.25) is 0 Å². The summed E-state index contributed by atoms with van der Waals surface area (Å²) in [6.45, 7) is 8.76. The Morgan fingerprint density at radius 1 is 1.31 bits per heavy atom. The fourth-order valence-corrected chi connectivity index (χ4v) is 3.53. The van der Waals surface area contributed by atoms with Crippen LogP contribution < -0.4 is 10.6 Å². The highest BCUT2D eigenvalue weighted by molar-refractivity contribution is 14.0. The van der Waals surface area contributed by atoms with E-state index in [1.54, 1.807) is 14.0 Å². The number of rotatable bonds is 9. The normalized spacial score (nSPS) is 18.0. The van der Waals surface area contributed by atoms with E-state index in [9.17, 15) is 13.2 Å². The van der Waals surface area contributed by atoms with Crippen molar-refractivity contribution in [3.63, 3.8) is 0 Å². The molecule has 0 aromatic rings. The standard InChI is InChI=1S/C16H33N5O3S.HI/c1-5-15(22)21-12-9-14(13-21)19-16(17-6-2)18-10-8-11-20(4)25(23,24)7-3;/h14H,5-13H2,1-4H3,(H2,17,18,19);1H. The molecule has 1 aliphatic rings. The van der Waals surface area contributed by atoms with Crippen molar-refractivity contribution in [2.45, 2.75) is 46.1 Å². The quantitative estimate of drug-likeness (QED) is 0.211. The van der Waals surface area contributed by atoms with E-state index in [-0.39, 0.29) is 41.7 Å². The van der Waals surface area contributed by atoms with Crippen LogP contribution in [0.1, 0.15) is 40.0 Å². The van der Waals surface area contributed by atoms with Crippen molar-refractivity contribution in [3.05, 3.63) is 0 Å². The first-order chi connectivity index (χ1) is 11.8. The Labute approximate surface area is 175 Å². The lowest BCUT2D eigenvalue weighted by atomic mass is 10.3. The molecule has 1 aliphatic heterocycles. The van der Waals surface area contributed by atoms with E-state index < -0.39 is 10.0 Å². The Hall–Kier alpha value is -0.620. The SMILES string of the molecule is CCNC(=NCCCN(C)S(=O)(=O)CC)NC1CCN(C(=O)CC)C1.I. The average Bonchev–Trinajstić information content (AvgIpc) is 3.06. The number of nitrogens with one attached hydrogen (secondary N) is 2. The van der Waals surface area contributed by atoms with E-state index in [2.05, 4.69) is 15.6 Å². The highest BCUT2D eigenvalue weighted by atomic mass is 127. The molecular weight excluding hydrogens is 469 g/mol. The second kappa shape index (κ2) is 12.7. The van der Waals surface area contributed by atoms with Gasteiger partial charge in [-0.1, -0.05) is 6.92 Å². The zero-order chi connectivity index (χ0) is 18.9. The van der Waals surface area contributed by atoms with Crippen LogP contribution in [0.25, 0.3) is 0 Å². The number of hydrogen-bond donors (Lipinski definition) is 2. The summed E-state index contributed by atoms with van der Waals surface area (Å²) in [5.41, 5.74) is 0. The van der Waals surface area contributed by atoms with Gasteiger partial charge in [-0.05, 0) is 26.7 Å². The molecule has 1 saturated heterocycles. The lowest BCUT2D eigenvalue weighted by Gasteiger charge is -2.19. The number of amides is 1. The van der Waals surface area contributed by atoms with Gasteiger partial charge in [0, 0.05) is 52.2 Å². The predicted molar refractivity (Wildman–Crippen MR) is 117 cm³/mol. The number of carbonyl (C=O) groups is 1. The Balaban J connectivity index is 0.00000625. The smallest absolute Gasteiger partial charge is 0.222 e. The molecule has 10 heteroatoms. The highest BCUT2D eigenvalue weighted by Crippen LogP contribution is 2.10. The molecule has 1 atom stereocenters. The van der Waals surface area contributed by atoms with E-state index in [1.165, 1.54) is 4.31 Å². The van der Waals surface area contributed by atoms with E-state index in [0.717, 1.165) is 25.5 Å². The van der Waals surface area contributed by atoms with Crippen molar-refractivity contribution >= 4 is 45.9 Å². The summed E-state index contributed by atoms with van der Waals surface area (Å²) in [5, 5.41) is 6.57. The minimum Gasteiger partial charge on any atom is -0.357 e. The van der Waals surface area contributed by atoms with Gasteiger partial charge in [-0.25, -0.2) is 12.7 Å². The van der Waals surface area contributed by atoms with Crippen molar-refractivity contribution in [2.75, 3.05) is 45.5 Å². The van der Waals surface area contributed by atoms with Gasteiger partial charge < -0.3 is 15.5 Å². The Morgan fingerprint density at radius 3 is 2.58 bits per heavy atom. The summed E-state index contributed by atoms with van der Waals surface area (Å²) in [5.74, 6) is 1.02. The molecule has 0 radical (unpaired) electrons. The molecule has 0 bridgehead atoms. The highest BCUT2D eigenvalue weighted by Gasteiger charge is 2.25. The third-order valence-electron chi connectivity index (χ3n) is 4.27. The van der Waals surface area contributed by atoms with Crippen LogP contribution in [0.3, 0.4) is 0 Å². The van der Waals surface area contributed by atoms with Crippen molar-refractivity contribution in [3.8, 4) is 0 Å². The molecular formula is C16H34IN5O3S. The molecule has 26 heavy (non-hydrogen) atoms. The number of guanidine groups is 1.